The first-order valence-corrected chi connectivity index (χ1v) is 8.27. The molecule has 6 heteroatoms. The second-order valence-corrected chi connectivity index (χ2v) is 6.87. The van der Waals surface area contributed by atoms with Crippen LogP contribution >= 0.6 is 10.7 Å². The summed E-state index contributed by atoms with van der Waals surface area (Å²) in [4.78, 5) is 3.95. The van der Waals surface area contributed by atoms with Crippen molar-refractivity contribution in [3.63, 3.8) is 0 Å². The number of hydrogen-bond donors (Lipinski definition) is 0. The summed E-state index contributed by atoms with van der Waals surface area (Å²) >= 11 is 0. The molecule has 0 radical (unpaired) electrons. The minimum Gasteiger partial charge on any atom is -0.329 e. The van der Waals surface area contributed by atoms with Gasteiger partial charge in [0.15, 0.2) is 5.03 Å². The number of benzene rings is 1. The average molecular weight is 299 g/mol. The second-order valence-electron chi connectivity index (χ2n) is 4.36. The number of imidazole rings is 1. The lowest BCUT2D eigenvalue weighted by molar-refractivity contribution is 0.606. The smallest absolute Gasteiger partial charge is 0.280 e. The number of halogens is 1. The van der Waals surface area contributed by atoms with Crippen molar-refractivity contribution in [2.24, 2.45) is 0 Å². The first-order valence-electron chi connectivity index (χ1n) is 5.96. The molecule has 2 aromatic rings. The van der Waals surface area contributed by atoms with Gasteiger partial charge >= 0.3 is 0 Å². The van der Waals surface area contributed by atoms with Crippen LogP contribution in [0.5, 0.6) is 0 Å². The van der Waals surface area contributed by atoms with Crippen LogP contribution in [0.3, 0.4) is 0 Å². The van der Waals surface area contributed by atoms with E-state index in [1.54, 1.807) is 11.5 Å². The first-order chi connectivity index (χ1) is 8.90. The van der Waals surface area contributed by atoms with Crippen LogP contribution < -0.4 is 0 Å². The predicted molar refractivity (Wildman–Crippen MR) is 74.9 cm³/mol. The van der Waals surface area contributed by atoms with Crippen molar-refractivity contribution in [1.82, 2.24) is 9.55 Å². The molecule has 0 aliphatic rings. The number of hydrogen-bond acceptors (Lipinski definition) is 3. The normalized spacial score (nSPS) is 11.7. The zero-order chi connectivity index (χ0) is 14.0. The molecule has 0 saturated carbocycles. The molecule has 1 aromatic carbocycles. The minimum atomic E-state index is -3.77. The summed E-state index contributed by atoms with van der Waals surface area (Å²) < 4.78 is 24.2. The molecular formula is C13H15ClN2O2S. The first kappa shape index (κ1) is 14.1. The van der Waals surface area contributed by atoms with Gasteiger partial charge in [-0.05, 0) is 24.5 Å². The molecule has 1 aromatic heterocycles. The summed E-state index contributed by atoms with van der Waals surface area (Å²) in [6.07, 6.45) is 2.46. The largest absolute Gasteiger partial charge is 0.329 e. The topological polar surface area (TPSA) is 52.0 Å². The Labute approximate surface area is 117 Å². The van der Waals surface area contributed by atoms with Crippen molar-refractivity contribution in [1.29, 1.82) is 0 Å². The lowest BCUT2D eigenvalue weighted by Crippen LogP contribution is -2.00. The fourth-order valence-corrected chi connectivity index (χ4v) is 2.55. The molecule has 0 aliphatic carbocycles. The Morgan fingerprint density at radius 3 is 2.26 bits per heavy atom. The van der Waals surface area contributed by atoms with Gasteiger partial charge in [0, 0.05) is 23.4 Å². The highest BCUT2D eigenvalue weighted by Gasteiger charge is 2.15. The Hall–Kier alpha value is -1.33. The van der Waals surface area contributed by atoms with E-state index in [0.717, 1.165) is 12.0 Å². The van der Waals surface area contributed by atoms with Gasteiger partial charge in [-0.3, -0.25) is 0 Å². The molecule has 0 spiro atoms. The zero-order valence-corrected chi connectivity index (χ0v) is 12.4. The Balaban J connectivity index is 2.25. The SMILES string of the molecule is CCc1ccc(Cn2cc(S(=O)(=O)Cl)nc2C)cc1. The van der Waals surface area contributed by atoms with Gasteiger partial charge < -0.3 is 4.57 Å². The molecular weight excluding hydrogens is 284 g/mol. The highest BCUT2D eigenvalue weighted by molar-refractivity contribution is 8.13. The van der Waals surface area contributed by atoms with E-state index in [9.17, 15) is 8.42 Å². The highest BCUT2D eigenvalue weighted by atomic mass is 35.7. The second kappa shape index (κ2) is 5.35. The Kier molecular flexibility index (Phi) is 3.96. The van der Waals surface area contributed by atoms with Gasteiger partial charge in [0.1, 0.15) is 5.82 Å². The molecule has 19 heavy (non-hydrogen) atoms. The minimum absolute atomic E-state index is 0.100. The van der Waals surface area contributed by atoms with Gasteiger partial charge in [-0.15, -0.1) is 0 Å². The third-order valence-corrected chi connectivity index (χ3v) is 4.16. The van der Waals surface area contributed by atoms with Crippen molar-refractivity contribution in [3.8, 4) is 0 Å². The van der Waals surface area contributed by atoms with Crippen LogP contribution in [0.4, 0.5) is 0 Å². The van der Waals surface area contributed by atoms with Gasteiger partial charge in [-0.2, -0.15) is 0 Å². The molecule has 4 nitrogen and oxygen atoms in total. The number of aryl methyl sites for hydroxylation is 2. The quantitative estimate of drug-likeness (QED) is 0.816. The molecule has 102 valence electrons. The van der Waals surface area contributed by atoms with Crippen molar-refractivity contribution in [2.45, 2.75) is 31.8 Å². The van der Waals surface area contributed by atoms with Crippen molar-refractivity contribution >= 4 is 19.7 Å². The molecule has 0 amide bonds. The Bertz CT molecular complexity index is 675. The molecule has 2 rings (SSSR count). The Morgan fingerprint density at radius 1 is 1.21 bits per heavy atom. The molecule has 0 bridgehead atoms. The summed E-state index contributed by atoms with van der Waals surface area (Å²) in [5.74, 6) is 0.624. The lowest BCUT2D eigenvalue weighted by atomic mass is 10.1. The van der Waals surface area contributed by atoms with E-state index >= 15 is 0 Å². The molecule has 0 atom stereocenters. The molecule has 0 N–H and O–H groups in total. The van der Waals surface area contributed by atoms with Crippen LogP contribution in [-0.4, -0.2) is 18.0 Å². The molecule has 0 unspecified atom stereocenters. The standard InChI is InChI=1S/C13H15ClN2O2S/c1-3-11-4-6-12(7-5-11)8-16-9-13(15-10(16)2)19(14,17)18/h4-7,9H,3,8H2,1-2H3. The average Bonchev–Trinajstić information content (AvgIpc) is 2.72. The molecule has 0 saturated heterocycles. The summed E-state index contributed by atoms with van der Waals surface area (Å²) in [6, 6.07) is 8.21. The number of rotatable bonds is 4. The molecule has 0 fully saturated rings. The maximum Gasteiger partial charge on any atom is 0.280 e. The van der Waals surface area contributed by atoms with Gasteiger partial charge in [-0.25, -0.2) is 13.4 Å². The van der Waals surface area contributed by atoms with Crippen LogP contribution in [0, 0.1) is 6.92 Å². The van der Waals surface area contributed by atoms with E-state index in [-0.39, 0.29) is 5.03 Å². The van der Waals surface area contributed by atoms with Gasteiger partial charge in [0.2, 0.25) is 0 Å². The zero-order valence-electron chi connectivity index (χ0n) is 10.8. The van der Waals surface area contributed by atoms with Crippen LogP contribution in [0.15, 0.2) is 35.5 Å². The fraction of sp³-hybridized carbons (Fsp3) is 0.308. The summed E-state index contributed by atoms with van der Waals surface area (Å²) in [6.45, 7) is 4.44. The van der Waals surface area contributed by atoms with Crippen molar-refractivity contribution in [2.75, 3.05) is 0 Å². The summed E-state index contributed by atoms with van der Waals surface area (Å²) in [5, 5.41) is -0.100. The summed E-state index contributed by atoms with van der Waals surface area (Å²) in [7, 11) is 1.52. The summed E-state index contributed by atoms with van der Waals surface area (Å²) in [5.41, 5.74) is 2.37. The fourth-order valence-electron chi connectivity index (χ4n) is 1.83. The van der Waals surface area contributed by atoms with Gasteiger partial charge in [0.05, 0.1) is 0 Å². The number of aromatic nitrogens is 2. The maximum absolute atomic E-state index is 11.2. The van der Waals surface area contributed by atoms with E-state index in [0.29, 0.717) is 12.4 Å². The van der Waals surface area contributed by atoms with Crippen molar-refractivity contribution < 1.29 is 8.42 Å². The van der Waals surface area contributed by atoms with Crippen molar-refractivity contribution in [3.05, 3.63) is 47.4 Å². The van der Waals surface area contributed by atoms with E-state index in [1.165, 1.54) is 11.8 Å². The number of nitrogens with zero attached hydrogens (tertiary/aromatic N) is 2. The molecule has 1 heterocycles. The van der Waals surface area contributed by atoms with E-state index in [1.807, 2.05) is 12.1 Å². The van der Waals surface area contributed by atoms with Crippen LogP contribution in [-0.2, 0) is 22.0 Å². The maximum atomic E-state index is 11.2. The Morgan fingerprint density at radius 2 is 1.79 bits per heavy atom. The predicted octanol–water partition coefficient (Wildman–Crippen LogP) is 2.73. The van der Waals surface area contributed by atoms with E-state index < -0.39 is 9.05 Å². The van der Waals surface area contributed by atoms with Gasteiger partial charge in [-0.1, -0.05) is 31.2 Å². The van der Waals surface area contributed by atoms with E-state index in [4.69, 9.17) is 10.7 Å². The van der Waals surface area contributed by atoms with Crippen LogP contribution in [0.2, 0.25) is 0 Å². The third kappa shape index (κ3) is 3.36. The van der Waals surface area contributed by atoms with Crippen LogP contribution in [0.1, 0.15) is 23.9 Å². The van der Waals surface area contributed by atoms with Gasteiger partial charge in [0.25, 0.3) is 9.05 Å². The third-order valence-electron chi connectivity index (χ3n) is 2.99. The molecule has 0 aliphatic heterocycles. The van der Waals surface area contributed by atoms with Crippen LogP contribution in [0.25, 0.3) is 0 Å². The monoisotopic (exact) mass is 298 g/mol. The lowest BCUT2D eigenvalue weighted by Gasteiger charge is -2.05. The van der Waals surface area contributed by atoms with E-state index in [2.05, 4.69) is 24.0 Å². The highest BCUT2D eigenvalue weighted by Crippen LogP contribution is 2.15.